The number of hydrogen-bond donors (Lipinski definition) is 2. The average Bonchev–Trinajstić information content (AvgIpc) is 2.47. The normalized spacial score (nSPS) is 32.3. The summed E-state index contributed by atoms with van der Waals surface area (Å²) >= 11 is 0. The summed E-state index contributed by atoms with van der Waals surface area (Å²) in [4.78, 5) is 24.4. The summed E-state index contributed by atoms with van der Waals surface area (Å²) in [6.07, 6.45) is 2.13. The lowest BCUT2D eigenvalue weighted by Crippen LogP contribution is -2.51. The van der Waals surface area contributed by atoms with Crippen LogP contribution in [0.4, 0.5) is 4.79 Å². The monoisotopic (exact) mass is 256 g/mol. The third-order valence-corrected chi connectivity index (χ3v) is 3.67. The van der Waals surface area contributed by atoms with Gasteiger partial charge in [0.1, 0.15) is 0 Å². The fourth-order valence-electron chi connectivity index (χ4n) is 2.30. The first-order valence-corrected chi connectivity index (χ1v) is 6.46. The lowest BCUT2D eigenvalue weighted by atomic mass is 9.80. The van der Waals surface area contributed by atoms with Gasteiger partial charge in [-0.3, -0.25) is 4.79 Å². The van der Waals surface area contributed by atoms with Gasteiger partial charge in [-0.1, -0.05) is 0 Å². The zero-order chi connectivity index (χ0) is 13.1. The van der Waals surface area contributed by atoms with E-state index in [4.69, 9.17) is 9.84 Å². The Labute approximate surface area is 106 Å². The highest BCUT2D eigenvalue weighted by Gasteiger charge is 2.36. The lowest BCUT2D eigenvalue weighted by molar-refractivity contribution is -0.145. The van der Waals surface area contributed by atoms with E-state index >= 15 is 0 Å². The van der Waals surface area contributed by atoms with Crippen LogP contribution in [0.5, 0.6) is 0 Å². The summed E-state index contributed by atoms with van der Waals surface area (Å²) in [6, 6.07) is -0.0817. The fourth-order valence-corrected chi connectivity index (χ4v) is 2.30. The molecule has 1 heterocycles. The van der Waals surface area contributed by atoms with Crippen molar-refractivity contribution in [3.05, 3.63) is 0 Å². The molecule has 2 aliphatic rings. The van der Waals surface area contributed by atoms with Crippen molar-refractivity contribution in [1.29, 1.82) is 0 Å². The molecule has 0 aromatic heterocycles. The molecular formula is C12H20N2O4. The summed E-state index contributed by atoms with van der Waals surface area (Å²) in [7, 11) is 0. The number of carbonyl (C=O) groups excluding carboxylic acids is 1. The van der Waals surface area contributed by atoms with Crippen LogP contribution < -0.4 is 5.32 Å². The van der Waals surface area contributed by atoms with Gasteiger partial charge in [-0.05, 0) is 26.2 Å². The topological polar surface area (TPSA) is 78.9 Å². The number of carboxylic acids is 1. The number of carbonyl (C=O) groups is 2. The molecule has 1 atom stereocenters. The molecule has 1 aliphatic carbocycles. The summed E-state index contributed by atoms with van der Waals surface area (Å²) in [5, 5.41) is 11.6. The highest BCUT2D eigenvalue weighted by Crippen LogP contribution is 2.27. The van der Waals surface area contributed by atoms with Crippen LogP contribution in [0.1, 0.15) is 26.2 Å². The van der Waals surface area contributed by atoms with Gasteiger partial charge in [0.25, 0.3) is 0 Å². The Kier molecular flexibility index (Phi) is 4.06. The Balaban J connectivity index is 1.73. The minimum Gasteiger partial charge on any atom is -0.481 e. The molecule has 18 heavy (non-hydrogen) atoms. The quantitative estimate of drug-likeness (QED) is 0.761. The molecular weight excluding hydrogens is 236 g/mol. The molecule has 2 fully saturated rings. The molecule has 2 N–H and O–H groups in total. The molecule has 0 radical (unpaired) electrons. The Bertz CT molecular complexity index is 328. The molecule has 6 nitrogen and oxygen atoms in total. The Morgan fingerprint density at radius 2 is 2.06 bits per heavy atom. The molecule has 2 amide bonds. The second kappa shape index (κ2) is 5.56. The first-order valence-electron chi connectivity index (χ1n) is 6.46. The molecule has 0 bridgehead atoms. The maximum Gasteiger partial charge on any atom is 0.317 e. The van der Waals surface area contributed by atoms with E-state index in [1.54, 1.807) is 4.90 Å². The Morgan fingerprint density at radius 3 is 2.72 bits per heavy atom. The number of urea groups is 1. The Hall–Kier alpha value is -1.30. The summed E-state index contributed by atoms with van der Waals surface area (Å²) < 4.78 is 5.48. The van der Waals surface area contributed by atoms with E-state index in [0.717, 1.165) is 6.42 Å². The van der Waals surface area contributed by atoms with E-state index in [2.05, 4.69) is 5.32 Å². The second-order valence-electron chi connectivity index (χ2n) is 5.11. The fraction of sp³-hybridized carbons (Fsp3) is 0.833. The summed E-state index contributed by atoms with van der Waals surface area (Å²) in [5.74, 6) is -1.06. The van der Waals surface area contributed by atoms with Crippen LogP contribution >= 0.6 is 0 Å². The van der Waals surface area contributed by atoms with Crippen LogP contribution in [0, 0.1) is 5.92 Å². The average molecular weight is 256 g/mol. The van der Waals surface area contributed by atoms with Crippen molar-refractivity contribution in [2.75, 3.05) is 19.7 Å². The van der Waals surface area contributed by atoms with Crippen molar-refractivity contribution in [2.24, 2.45) is 5.92 Å². The van der Waals surface area contributed by atoms with E-state index in [1.165, 1.54) is 0 Å². The predicted molar refractivity (Wildman–Crippen MR) is 64.3 cm³/mol. The third-order valence-electron chi connectivity index (χ3n) is 3.67. The van der Waals surface area contributed by atoms with E-state index < -0.39 is 5.97 Å². The molecule has 0 aromatic carbocycles. The van der Waals surface area contributed by atoms with E-state index in [0.29, 0.717) is 32.5 Å². The highest BCUT2D eigenvalue weighted by molar-refractivity contribution is 5.76. The third kappa shape index (κ3) is 3.13. The van der Waals surface area contributed by atoms with Crippen molar-refractivity contribution < 1.29 is 19.4 Å². The van der Waals surface area contributed by atoms with Gasteiger partial charge < -0.3 is 20.1 Å². The number of nitrogens with one attached hydrogen (secondary N) is 1. The van der Waals surface area contributed by atoms with Gasteiger partial charge in [0.2, 0.25) is 0 Å². The molecule has 0 aromatic rings. The van der Waals surface area contributed by atoms with E-state index in [1.807, 2.05) is 6.92 Å². The predicted octanol–water partition coefficient (Wildman–Crippen LogP) is 0.670. The van der Waals surface area contributed by atoms with Crippen molar-refractivity contribution in [2.45, 2.75) is 38.3 Å². The zero-order valence-electron chi connectivity index (χ0n) is 10.6. The van der Waals surface area contributed by atoms with Crippen molar-refractivity contribution in [3.63, 3.8) is 0 Å². The molecule has 102 valence electrons. The molecule has 1 aliphatic heterocycles. The van der Waals surface area contributed by atoms with Crippen LogP contribution in [-0.2, 0) is 9.53 Å². The van der Waals surface area contributed by atoms with Crippen LogP contribution in [-0.4, -0.2) is 53.8 Å². The number of nitrogens with zero attached hydrogens (tertiary/aromatic N) is 1. The molecule has 2 rings (SSSR count). The Morgan fingerprint density at radius 1 is 1.33 bits per heavy atom. The lowest BCUT2D eigenvalue weighted by Gasteiger charge is -2.34. The van der Waals surface area contributed by atoms with Crippen LogP contribution in [0.25, 0.3) is 0 Å². The second-order valence-corrected chi connectivity index (χ2v) is 5.11. The smallest absolute Gasteiger partial charge is 0.317 e. The van der Waals surface area contributed by atoms with E-state index in [-0.39, 0.29) is 24.1 Å². The molecule has 1 unspecified atom stereocenters. The number of amides is 2. The van der Waals surface area contributed by atoms with Gasteiger partial charge in [-0.2, -0.15) is 0 Å². The largest absolute Gasteiger partial charge is 0.481 e. The maximum atomic E-state index is 11.9. The van der Waals surface area contributed by atoms with E-state index in [9.17, 15) is 9.59 Å². The maximum absolute atomic E-state index is 11.9. The first kappa shape index (κ1) is 13.1. The number of aliphatic carboxylic acids is 1. The summed E-state index contributed by atoms with van der Waals surface area (Å²) in [6.45, 7) is 3.87. The van der Waals surface area contributed by atoms with Crippen LogP contribution in [0.3, 0.4) is 0 Å². The number of hydrogen-bond acceptors (Lipinski definition) is 3. The molecule has 6 heteroatoms. The van der Waals surface area contributed by atoms with Gasteiger partial charge in [-0.15, -0.1) is 0 Å². The minimum atomic E-state index is -0.766. The van der Waals surface area contributed by atoms with Crippen LogP contribution in [0.15, 0.2) is 0 Å². The van der Waals surface area contributed by atoms with Crippen LogP contribution in [0.2, 0.25) is 0 Å². The van der Waals surface area contributed by atoms with Crippen molar-refractivity contribution >= 4 is 12.0 Å². The number of ether oxygens (including phenoxy) is 1. The molecule has 1 saturated carbocycles. The highest BCUT2D eigenvalue weighted by atomic mass is 16.5. The van der Waals surface area contributed by atoms with Crippen molar-refractivity contribution in [3.8, 4) is 0 Å². The van der Waals surface area contributed by atoms with Gasteiger partial charge in [0, 0.05) is 19.1 Å². The van der Waals surface area contributed by atoms with Gasteiger partial charge in [0.05, 0.1) is 18.6 Å². The van der Waals surface area contributed by atoms with Gasteiger partial charge in [-0.25, -0.2) is 4.79 Å². The number of carboxylic acid groups (broad SMARTS) is 1. The molecule has 1 saturated heterocycles. The number of rotatable bonds is 2. The minimum absolute atomic E-state index is 0.0141. The standard InChI is InChI=1S/C12H20N2O4/c1-8-2-3-14(4-5-18-8)12(17)13-10-6-9(7-10)11(15)16/h8-10H,2-7H2,1H3,(H,13,17)(H,15,16). The van der Waals surface area contributed by atoms with Crippen molar-refractivity contribution in [1.82, 2.24) is 10.2 Å². The molecule has 0 spiro atoms. The van der Waals surface area contributed by atoms with Gasteiger partial charge >= 0.3 is 12.0 Å². The zero-order valence-corrected chi connectivity index (χ0v) is 10.6. The SMILES string of the molecule is CC1CCN(C(=O)NC2CC(C(=O)O)C2)CCO1. The summed E-state index contributed by atoms with van der Waals surface area (Å²) in [5.41, 5.74) is 0. The first-order chi connectivity index (χ1) is 8.56. The van der Waals surface area contributed by atoms with Gasteiger partial charge in [0.15, 0.2) is 0 Å².